The number of amides is 1. The van der Waals surface area contributed by atoms with Crippen LogP contribution >= 0.6 is 0 Å². The average Bonchev–Trinajstić information content (AvgIpc) is 2.76. The second-order valence-electron chi connectivity index (χ2n) is 5.08. The van der Waals surface area contributed by atoms with E-state index in [4.69, 9.17) is 0 Å². The number of carbonyl (C=O) groups excluding carboxylic acids is 1. The lowest BCUT2D eigenvalue weighted by atomic mass is 10.2. The highest BCUT2D eigenvalue weighted by atomic mass is 16.2. The summed E-state index contributed by atoms with van der Waals surface area (Å²) in [6, 6.07) is 1.89. The zero-order chi connectivity index (χ0) is 15.4. The Bertz CT molecular complexity index is 609. The van der Waals surface area contributed by atoms with Gasteiger partial charge in [0.2, 0.25) is 5.91 Å². The molecule has 0 aliphatic rings. The van der Waals surface area contributed by atoms with Crippen molar-refractivity contribution in [2.45, 2.75) is 19.9 Å². The number of rotatable bonds is 5. The molecule has 0 aromatic carbocycles. The van der Waals surface area contributed by atoms with E-state index in [9.17, 15) is 4.79 Å². The first-order valence-corrected chi connectivity index (χ1v) is 6.73. The van der Waals surface area contributed by atoms with Crippen molar-refractivity contribution in [3.8, 4) is 0 Å². The van der Waals surface area contributed by atoms with E-state index in [2.05, 4.69) is 20.4 Å². The monoisotopic (exact) mass is 288 g/mol. The van der Waals surface area contributed by atoms with Crippen LogP contribution in [0.25, 0.3) is 0 Å². The van der Waals surface area contributed by atoms with E-state index in [0.717, 1.165) is 17.1 Å². The van der Waals surface area contributed by atoms with Gasteiger partial charge in [-0.15, -0.1) is 0 Å². The van der Waals surface area contributed by atoms with Gasteiger partial charge in [0.15, 0.2) is 0 Å². The van der Waals surface area contributed by atoms with Gasteiger partial charge in [-0.2, -0.15) is 5.10 Å². The Labute approximate surface area is 124 Å². The molecule has 2 heterocycles. The van der Waals surface area contributed by atoms with Crippen molar-refractivity contribution in [1.82, 2.24) is 24.6 Å². The highest BCUT2D eigenvalue weighted by Gasteiger charge is 2.16. The maximum absolute atomic E-state index is 12.1. The largest absolute Gasteiger partial charge is 0.322 e. The summed E-state index contributed by atoms with van der Waals surface area (Å²) < 4.78 is 1.68. The minimum Gasteiger partial charge on any atom is -0.322 e. The average molecular weight is 288 g/mol. The van der Waals surface area contributed by atoms with Gasteiger partial charge in [0.1, 0.15) is 6.33 Å². The number of likely N-dealkylation sites (N-methyl/N-ethyl adjacent to an activating group) is 1. The molecule has 0 bridgehead atoms. The molecule has 21 heavy (non-hydrogen) atoms. The van der Waals surface area contributed by atoms with Crippen molar-refractivity contribution < 1.29 is 4.79 Å². The molecule has 2 rings (SSSR count). The normalized spacial score (nSPS) is 12.4. The molecule has 0 spiro atoms. The minimum atomic E-state index is -0.0745. The molecule has 1 atom stereocenters. The van der Waals surface area contributed by atoms with Gasteiger partial charge in [-0.3, -0.25) is 14.4 Å². The molecule has 0 saturated heterocycles. The summed E-state index contributed by atoms with van der Waals surface area (Å²) in [7, 11) is 3.72. The summed E-state index contributed by atoms with van der Waals surface area (Å²) in [5, 5.41) is 7.07. The number of hydrogen-bond acceptors (Lipinski definition) is 5. The van der Waals surface area contributed by atoms with Crippen LogP contribution in [0.15, 0.2) is 24.8 Å². The minimum absolute atomic E-state index is 0.0359. The van der Waals surface area contributed by atoms with Gasteiger partial charge < -0.3 is 5.32 Å². The van der Waals surface area contributed by atoms with E-state index >= 15 is 0 Å². The Hall–Kier alpha value is -2.28. The lowest BCUT2D eigenvalue weighted by Gasteiger charge is -2.23. The van der Waals surface area contributed by atoms with Gasteiger partial charge in [-0.25, -0.2) is 9.97 Å². The Morgan fingerprint density at radius 3 is 2.86 bits per heavy atom. The van der Waals surface area contributed by atoms with Crippen LogP contribution < -0.4 is 5.32 Å². The summed E-state index contributed by atoms with van der Waals surface area (Å²) in [5.74, 6) is -0.0745. The van der Waals surface area contributed by atoms with Crippen LogP contribution in [0.1, 0.15) is 24.4 Å². The zero-order valence-electron chi connectivity index (χ0n) is 12.7. The van der Waals surface area contributed by atoms with Crippen molar-refractivity contribution >= 4 is 11.6 Å². The van der Waals surface area contributed by atoms with Crippen molar-refractivity contribution in [3.63, 3.8) is 0 Å². The van der Waals surface area contributed by atoms with Crippen LogP contribution in [0.5, 0.6) is 0 Å². The molecule has 0 aliphatic heterocycles. The molecule has 1 amide bonds. The van der Waals surface area contributed by atoms with Crippen molar-refractivity contribution in [1.29, 1.82) is 0 Å². The number of nitrogens with zero attached hydrogens (tertiary/aromatic N) is 5. The summed E-state index contributed by atoms with van der Waals surface area (Å²) in [4.78, 5) is 22.1. The Kier molecular flexibility index (Phi) is 4.64. The molecule has 0 unspecified atom stereocenters. The van der Waals surface area contributed by atoms with Gasteiger partial charge in [0, 0.05) is 25.5 Å². The Morgan fingerprint density at radius 2 is 2.29 bits per heavy atom. The van der Waals surface area contributed by atoms with Crippen LogP contribution in [0.2, 0.25) is 0 Å². The van der Waals surface area contributed by atoms with E-state index in [1.165, 1.54) is 6.33 Å². The summed E-state index contributed by atoms with van der Waals surface area (Å²) in [6.45, 7) is 4.15. The number of carbonyl (C=O) groups is 1. The molecule has 7 nitrogen and oxygen atoms in total. The fourth-order valence-corrected chi connectivity index (χ4v) is 2.05. The molecule has 2 aromatic heterocycles. The highest BCUT2D eigenvalue weighted by Crippen LogP contribution is 2.16. The topological polar surface area (TPSA) is 75.9 Å². The maximum Gasteiger partial charge on any atom is 0.238 e. The molecule has 112 valence electrons. The number of nitrogens with one attached hydrogen (secondary N) is 1. The first kappa shape index (κ1) is 15.1. The van der Waals surface area contributed by atoms with E-state index in [1.54, 1.807) is 17.1 Å². The SMILES string of the molecule is Cc1nn(C)cc1NC(=O)CN(C)[C@@H](C)c1ccncn1. The summed E-state index contributed by atoms with van der Waals surface area (Å²) in [5.41, 5.74) is 2.43. The van der Waals surface area contributed by atoms with E-state index in [1.807, 2.05) is 38.9 Å². The quantitative estimate of drug-likeness (QED) is 0.893. The molecule has 0 aliphatic carbocycles. The molecule has 0 radical (unpaired) electrons. The van der Waals surface area contributed by atoms with Gasteiger partial charge in [-0.05, 0) is 27.0 Å². The van der Waals surface area contributed by atoms with E-state index < -0.39 is 0 Å². The van der Waals surface area contributed by atoms with Crippen molar-refractivity contribution in [3.05, 3.63) is 36.2 Å². The molecular weight excluding hydrogens is 268 g/mol. The van der Waals surface area contributed by atoms with Gasteiger partial charge >= 0.3 is 0 Å². The molecular formula is C14H20N6O. The first-order chi connectivity index (χ1) is 9.97. The van der Waals surface area contributed by atoms with Crippen LogP contribution in [-0.4, -0.2) is 44.1 Å². The second kappa shape index (κ2) is 6.45. The van der Waals surface area contributed by atoms with Crippen molar-refractivity contribution in [2.24, 2.45) is 7.05 Å². The van der Waals surface area contributed by atoms with Gasteiger partial charge in [0.25, 0.3) is 0 Å². The highest BCUT2D eigenvalue weighted by molar-refractivity contribution is 5.92. The predicted octanol–water partition coefficient (Wildman–Crippen LogP) is 1.15. The summed E-state index contributed by atoms with van der Waals surface area (Å²) in [6.07, 6.45) is 5.01. The molecule has 7 heteroatoms. The lowest BCUT2D eigenvalue weighted by Crippen LogP contribution is -2.32. The van der Waals surface area contributed by atoms with Crippen molar-refractivity contribution in [2.75, 3.05) is 18.9 Å². The Balaban J connectivity index is 1.94. The molecule has 1 N–H and O–H groups in total. The third-order valence-electron chi connectivity index (χ3n) is 3.37. The van der Waals surface area contributed by atoms with Crippen LogP contribution in [0, 0.1) is 6.92 Å². The summed E-state index contributed by atoms with van der Waals surface area (Å²) >= 11 is 0. The van der Waals surface area contributed by atoms with Gasteiger partial charge in [0.05, 0.1) is 23.6 Å². The number of aryl methyl sites for hydroxylation is 2. The fraction of sp³-hybridized carbons (Fsp3) is 0.429. The molecule has 0 saturated carbocycles. The smallest absolute Gasteiger partial charge is 0.238 e. The lowest BCUT2D eigenvalue weighted by molar-refractivity contribution is -0.117. The molecule has 0 fully saturated rings. The van der Waals surface area contributed by atoms with E-state index in [0.29, 0.717) is 0 Å². The number of anilines is 1. The first-order valence-electron chi connectivity index (χ1n) is 6.73. The third-order valence-corrected chi connectivity index (χ3v) is 3.37. The third kappa shape index (κ3) is 3.85. The number of aromatic nitrogens is 4. The molecule has 2 aromatic rings. The van der Waals surface area contributed by atoms with Crippen LogP contribution in [0.3, 0.4) is 0 Å². The van der Waals surface area contributed by atoms with E-state index in [-0.39, 0.29) is 18.5 Å². The number of hydrogen-bond donors (Lipinski definition) is 1. The second-order valence-corrected chi connectivity index (χ2v) is 5.08. The predicted molar refractivity (Wildman–Crippen MR) is 79.7 cm³/mol. The van der Waals surface area contributed by atoms with Crippen LogP contribution in [0.4, 0.5) is 5.69 Å². The Morgan fingerprint density at radius 1 is 1.52 bits per heavy atom. The maximum atomic E-state index is 12.1. The van der Waals surface area contributed by atoms with Gasteiger partial charge in [-0.1, -0.05) is 0 Å². The fourth-order valence-electron chi connectivity index (χ4n) is 2.05. The standard InChI is InChI=1S/C14H20N6O/c1-10-13(7-20(4)18-10)17-14(21)8-19(3)11(2)12-5-6-15-9-16-12/h5-7,9,11H,8H2,1-4H3,(H,17,21)/t11-/m0/s1. The van der Waals surface area contributed by atoms with Crippen LogP contribution in [-0.2, 0) is 11.8 Å². The zero-order valence-corrected chi connectivity index (χ0v) is 12.7.